The Hall–Kier alpha value is -1.44. The monoisotopic (exact) mass is 353 g/mol. The summed E-state index contributed by atoms with van der Waals surface area (Å²) in [4.78, 5) is 14.9. The summed E-state index contributed by atoms with van der Waals surface area (Å²) in [6.07, 6.45) is 0.852. The van der Waals surface area contributed by atoms with Gasteiger partial charge in [0.2, 0.25) is 0 Å². The maximum atomic E-state index is 12.4. The van der Waals surface area contributed by atoms with Gasteiger partial charge in [-0.1, -0.05) is 12.1 Å². The fourth-order valence-corrected chi connectivity index (χ4v) is 3.93. The third-order valence-electron chi connectivity index (χ3n) is 4.21. The molecule has 2 N–H and O–H groups in total. The van der Waals surface area contributed by atoms with Crippen molar-refractivity contribution in [1.29, 1.82) is 0 Å². The third kappa shape index (κ3) is 4.78. The molecule has 0 atom stereocenters. The van der Waals surface area contributed by atoms with Gasteiger partial charge in [0, 0.05) is 32.7 Å². The predicted octanol–water partition coefficient (Wildman–Crippen LogP) is 0.894. The zero-order valence-electron chi connectivity index (χ0n) is 14.4. The summed E-state index contributed by atoms with van der Waals surface area (Å²) in [5.41, 5.74) is 0.230. The van der Waals surface area contributed by atoms with Crippen LogP contribution in [0.4, 0.5) is 0 Å². The fraction of sp³-hybridized carbons (Fsp3) is 0.588. The minimum Gasteiger partial charge on any atom is -0.352 e. The van der Waals surface area contributed by atoms with Crippen LogP contribution in [0.1, 0.15) is 30.6 Å². The topological polar surface area (TPSA) is 78.5 Å². The number of hydrogen-bond acceptors (Lipinski definition) is 5. The van der Waals surface area contributed by atoms with Gasteiger partial charge in [-0.25, -0.2) is 8.42 Å². The van der Waals surface area contributed by atoms with Crippen LogP contribution >= 0.6 is 0 Å². The average molecular weight is 353 g/mol. The van der Waals surface area contributed by atoms with Gasteiger partial charge in [0.25, 0.3) is 5.91 Å². The fourth-order valence-electron chi connectivity index (χ4n) is 2.69. The van der Waals surface area contributed by atoms with Gasteiger partial charge in [-0.3, -0.25) is 4.79 Å². The second kappa shape index (κ2) is 8.60. The molecule has 0 aliphatic carbocycles. The number of benzene rings is 1. The highest BCUT2D eigenvalue weighted by atomic mass is 32.2. The summed E-state index contributed by atoms with van der Waals surface area (Å²) in [7, 11) is -3.48. The average Bonchev–Trinajstić information content (AvgIpc) is 2.59. The predicted molar refractivity (Wildman–Crippen MR) is 95.0 cm³/mol. The van der Waals surface area contributed by atoms with E-state index in [0.717, 1.165) is 39.1 Å². The van der Waals surface area contributed by atoms with E-state index in [1.165, 1.54) is 6.07 Å². The minimum absolute atomic E-state index is 0.111. The molecule has 0 unspecified atom stereocenters. The molecule has 1 aliphatic rings. The molecule has 24 heavy (non-hydrogen) atoms. The molecule has 1 heterocycles. The highest BCUT2D eigenvalue weighted by Gasteiger charge is 2.25. The first-order chi connectivity index (χ1) is 11.4. The molecule has 1 saturated heterocycles. The van der Waals surface area contributed by atoms with Crippen molar-refractivity contribution in [3.05, 3.63) is 29.8 Å². The van der Waals surface area contributed by atoms with E-state index in [4.69, 9.17) is 0 Å². The summed E-state index contributed by atoms with van der Waals surface area (Å²) in [5, 5.41) is 5.59. The van der Waals surface area contributed by atoms with E-state index in [0.29, 0.717) is 6.54 Å². The van der Waals surface area contributed by atoms with Gasteiger partial charge in [0.1, 0.15) is 0 Å². The molecule has 1 aromatic rings. The number of hydrogen-bond donors (Lipinski definition) is 2. The van der Waals surface area contributed by atoms with Crippen molar-refractivity contribution in [3.63, 3.8) is 0 Å². The molecule has 6 nitrogen and oxygen atoms in total. The zero-order chi connectivity index (χ0) is 17.6. The largest absolute Gasteiger partial charge is 0.352 e. The van der Waals surface area contributed by atoms with Crippen LogP contribution in [0.3, 0.4) is 0 Å². The van der Waals surface area contributed by atoms with Gasteiger partial charge in [-0.15, -0.1) is 0 Å². The molecule has 0 aromatic heterocycles. The molecule has 7 heteroatoms. The van der Waals surface area contributed by atoms with Crippen LogP contribution in [0.2, 0.25) is 0 Å². The van der Waals surface area contributed by atoms with E-state index in [1.54, 1.807) is 32.0 Å². The maximum Gasteiger partial charge on any atom is 0.252 e. The van der Waals surface area contributed by atoms with Crippen molar-refractivity contribution < 1.29 is 13.2 Å². The van der Waals surface area contributed by atoms with E-state index >= 15 is 0 Å². The van der Waals surface area contributed by atoms with Crippen LogP contribution < -0.4 is 10.6 Å². The highest BCUT2D eigenvalue weighted by Crippen LogP contribution is 2.20. The molecule has 134 valence electrons. The third-order valence-corrected chi connectivity index (χ3v) is 6.42. The van der Waals surface area contributed by atoms with E-state index in [-0.39, 0.29) is 16.4 Å². The number of piperazine rings is 1. The van der Waals surface area contributed by atoms with Gasteiger partial charge >= 0.3 is 0 Å². The molecular weight excluding hydrogens is 326 g/mol. The first kappa shape index (κ1) is 18.9. The van der Waals surface area contributed by atoms with Gasteiger partial charge in [-0.2, -0.15) is 0 Å². The van der Waals surface area contributed by atoms with Gasteiger partial charge < -0.3 is 15.5 Å². The lowest BCUT2D eigenvalue weighted by molar-refractivity contribution is 0.0948. The second-order valence-electron chi connectivity index (χ2n) is 6.29. The van der Waals surface area contributed by atoms with Crippen LogP contribution in [0, 0.1) is 0 Å². The quantitative estimate of drug-likeness (QED) is 0.712. The number of carbonyl (C=O) groups excluding carboxylic acids is 1. The summed E-state index contributed by atoms with van der Waals surface area (Å²) in [6.45, 7) is 8.80. The van der Waals surface area contributed by atoms with Gasteiger partial charge in [0.15, 0.2) is 9.84 Å². The number of nitrogens with zero attached hydrogens (tertiary/aromatic N) is 1. The van der Waals surface area contributed by atoms with Crippen LogP contribution in [-0.4, -0.2) is 63.7 Å². The van der Waals surface area contributed by atoms with E-state index in [2.05, 4.69) is 15.5 Å². The highest BCUT2D eigenvalue weighted by molar-refractivity contribution is 7.92. The SMILES string of the molecule is CC(C)S(=O)(=O)c1ccccc1C(=O)NCCCN1CCNCC1. The molecule has 0 bridgehead atoms. The Bertz CT molecular complexity index is 653. The molecule has 1 aliphatic heterocycles. The smallest absolute Gasteiger partial charge is 0.252 e. The lowest BCUT2D eigenvalue weighted by atomic mass is 10.2. The Labute approximate surface area is 144 Å². The number of carbonyl (C=O) groups is 1. The molecule has 1 fully saturated rings. The number of sulfone groups is 1. The molecule has 2 rings (SSSR count). The Morgan fingerprint density at radius 1 is 1.25 bits per heavy atom. The molecule has 0 saturated carbocycles. The minimum atomic E-state index is -3.48. The lowest BCUT2D eigenvalue weighted by Crippen LogP contribution is -2.44. The van der Waals surface area contributed by atoms with Crippen molar-refractivity contribution in [1.82, 2.24) is 15.5 Å². The van der Waals surface area contributed by atoms with E-state index < -0.39 is 15.1 Å². The first-order valence-corrected chi connectivity index (χ1v) is 10.0. The van der Waals surface area contributed by atoms with Crippen molar-refractivity contribution in [2.45, 2.75) is 30.4 Å². The molecule has 1 aromatic carbocycles. The Morgan fingerprint density at radius 2 is 1.92 bits per heavy atom. The normalized spacial score (nSPS) is 16.3. The summed E-state index contributed by atoms with van der Waals surface area (Å²) in [5.74, 6) is -0.324. The molecule has 0 spiro atoms. The summed E-state index contributed by atoms with van der Waals surface area (Å²) >= 11 is 0. The van der Waals surface area contributed by atoms with Crippen LogP contribution in [0.5, 0.6) is 0 Å². The molecule has 0 radical (unpaired) electrons. The zero-order valence-corrected chi connectivity index (χ0v) is 15.2. The standard InChI is InChI=1S/C17H27N3O3S/c1-14(2)24(22,23)16-7-4-3-6-15(16)17(21)19-8-5-11-20-12-9-18-10-13-20/h3-4,6-7,14,18H,5,8-13H2,1-2H3,(H,19,21). The maximum absolute atomic E-state index is 12.4. The lowest BCUT2D eigenvalue weighted by Gasteiger charge is -2.27. The Kier molecular flexibility index (Phi) is 6.77. The summed E-state index contributed by atoms with van der Waals surface area (Å²) < 4.78 is 24.8. The number of rotatable bonds is 7. The Balaban J connectivity index is 1.93. The van der Waals surface area contributed by atoms with E-state index in [1.807, 2.05) is 0 Å². The van der Waals surface area contributed by atoms with E-state index in [9.17, 15) is 13.2 Å². The van der Waals surface area contributed by atoms with Crippen LogP contribution in [0.15, 0.2) is 29.2 Å². The second-order valence-corrected chi connectivity index (χ2v) is 8.76. The van der Waals surface area contributed by atoms with Gasteiger partial charge in [-0.05, 0) is 38.9 Å². The van der Waals surface area contributed by atoms with Crippen molar-refractivity contribution in [2.24, 2.45) is 0 Å². The van der Waals surface area contributed by atoms with Crippen LogP contribution in [0.25, 0.3) is 0 Å². The van der Waals surface area contributed by atoms with Crippen molar-refractivity contribution >= 4 is 15.7 Å². The molecule has 1 amide bonds. The van der Waals surface area contributed by atoms with Crippen molar-refractivity contribution in [3.8, 4) is 0 Å². The van der Waals surface area contributed by atoms with Crippen LogP contribution in [-0.2, 0) is 9.84 Å². The number of amides is 1. The Morgan fingerprint density at radius 3 is 2.58 bits per heavy atom. The van der Waals surface area contributed by atoms with Crippen molar-refractivity contribution in [2.75, 3.05) is 39.3 Å². The van der Waals surface area contributed by atoms with Gasteiger partial charge in [0.05, 0.1) is 15.7 Å². The molecular formula is C17H27N3O3S. The first-order valence-electron chi connectivity index (χ1n) is 8.47. The number of nitrogens with one attached hydrogen (secondary N) is 2. The summed E-state index contributed by atoms with van der Waals surface area (Å²) in [6, 6.07) is 6.41.